The SMILES string of the molecule is CCOC(=O)c1c(C)n(-c2ccc(C)cc2)c2ccc(OC[C@@H](O)C[NH2+]CCO)cc12. The molecule has 0 aliphatic heterocycles. The van der Waals surface area contributed by atoms with Gasteiger partial charge in [-0.3, -0.25) is 0 Å². The van der Waals surface area contributed by atoms with E-state index in [0.29, 0.717) is 31.0 Å². The molecule has 3 aromatic rings. The van der Waals surface area contributed by atoms with Crippen LogP contribution in [0.4, 0.5) is 0 Å². The number of nitrogens with two attached hydrogens (primary N) is 1. The second-order valence-corrected chi connectivity index (χ2v) is 7.53. The highest BCUT2D eigenvalue weighted by Crippen LogP contribution is 2.32. The van der Waals surface area contributed by atoms with Crippen LogP contribution < -0.4 is 10.1 Å². The third kappa shape index (κ3) is 5.25. The average molecular weight is 428 g/mol. The van der Waals surface area contributed by atoms with Crippen molar-refractivity contribution < 1.29 is 29.8 Å². The van der Waals surface area contributed by atoms with Crippen molar-refractivity contribution in [1.29, 1.82) is 0 Å². The zero-order valence-electron chi connectivity index (χ0n) is 18.3. The zero-order valence-corrected chi connectivity index (χ0v) is 18.3. The molecule has 166 valence electrons. The standard InChI is InChI=1S/C24H30N2O5/c1-4-30-24(29)23-17(3)26(18-7-5-16(2)6-8-18)22-10-9-20(13-21(22)23)31-15-19(28)14-25-11-12-27/h5-10,13,19,25,27-28H,4,11-12,14-15H2,1-3H3/p+1/t19-/m0/s1. The number of nitrogens with zero attached hydrogens (tertiary/aromatic N) is 1. The maximum absolute atomic E-state index is 12.8. The molecule has 2 aromatic carbocycles. The number of quaternary nitrogens is 1. The van der Waals surface area contributed by atoms with Gasteiger partial charge in [0.05, 0.1) is 30.8 Å². The Hall–Kier alpha value is -2.87. The van der Waals surface area contributed by atoms with Crippen LogP contribution in [0, 0.1) is 13.8 Å². The van der Waals surface area contributed by atoms with Gasteiger partial charge in [-0.2, -0.15) is 0 Å². The molecule has 0 bridgehead atoms. The van der Waals surface area contributed by atoms with Gasteiger partial charge in [-0.25, -0.2) is 4.79 Å². The highest BCUT2D eigenvalue weighted by atomic mass is 16.5. The highest BCUT2D eigenvalue weighted by molar-refractivity contribution is 6.07. The van der Waals surface area contributed by atoms with Gasteiger partial charge in [0.1, 0.15) is 25.0 Å². The van der Waals surface area contributed by atoms with Crippen molar-refractivity contribution in [3.05, 3.63) is 59.3 Å². The number of carbonyl (C=O) groups excluding carboxylic acids is 1. The third-order valence-electron chi connectivity index (χ3n) is 5.16. The lowest BCUT2D eigenvalue weighted by molar-refractivity contribution is -0.662. The first-order valence-electron chi connectivity index (χ1n) is 10.6. The summed E-state index contributed by atoms with van der Waals surface area (Å²) in [6, 6.07) is 13.7. The van der Waals surface area contributed by atoms with E-state index < -0.39 is 6.10 Å². The molecule has 0 fully saturated rings. The molecular weight excluding hydrogens is 396 g/mol. The fraction of sp³-hybridized carbons (Fsp3) is 0.375. The second kappa shape index (κ2) is 10.4. The van der Waals surface area contributed by atoms with Crippen LogP contribution in [0.25, 0.3) is 16.6 Å². The van der Waals surface area contributed by atoms with Gasteiger partial charge >= 0.3 is 5.97 Å². The summed E-state index contributed by atoms with van der Waals surface area (Å²) >= 11 is 0. The number of fused-ring (bicyclic) bond motifs is 1. The summed E-state index contributed by atoms with van der Waals surface area (Å²) in [7, 11) is 0. The number of hydrogen-bond donors (Lipinski definition) is 3. The van der Waals surface area contributed by atoms with E-state index in [1.165, 1.54) is 0 Å². The van der Waals surface area contributed by atoms with E-state index in [1.54, 1.807) is 6.92 Å². The van der Waals surface area contributed by atoms with E-state index in [-0.39, 0.29) is 19.2 Å². The molecule has 3 rings (SSSR count). The Kier molecular flexibility index (Phi) is 7.68. The number of ether oxygens (including phenoxy) is 2. The molecule has 0 aliphatic rings. The van der Waals surface area contributed by atoms with Crippen molar-refractivity contribution in [3.63, 3.8) is 0 Å². The summed E-state index contributed by atoms with van der Waals surface area (Å²) in [5, 5.41) is 21.5. The van der Waals surface area contributed by atoms with E-state index in [1.807, 2.05) is 66.2 Å². The van der Waals surface area contributed by atoms with Gasteiger partial charge in [0.25, 0.3) is 0 Å². The van der Waals surface area contributed by atoms with Crippen LogP contribution in [-0.2, 0) is 4.74 Å². The van der Waals surface area contributed by atoms with Crippen molar-refractivity contribution in [2.24, 2.45) is 0 Å². The topological polar surface area (TPSA) is 97.5 Å². The molecule has 7 heteroatoms. The summed E-state index contributed by atoms with van der Waals surface area (Å²) in [5.41, 5.74) is 4.32. The normalized spacial score (nSPS) is 12.2. The van der Waals surface area contributed by atoms with Gasteiger partial charge in [-0.15, -0.1) is 0 Å². The first-order valence-corrected chi connectivity index (χ1v) is 10.6. The van der Waals surface area contributed by atoms with Gasteiger partial charge in [-0.1, -0.05) is 17.7 Å². The first-order chi connectivity index (χ1) is 15.0. The molecule has 31 heavy (non-hydrogen) atoms. The maximum Gasteiger partial charge on any atom is 0.340 e. The molecule has 1 aromatic heterocycles. The van der Waals surface area contributed by atoms with E-state index in [9.17, 15) is 9.90 Å². The minimum atomic E-state index is -0.661. The van der Waals surface area contributed by atoms with E-state index in [4.69, 9.17) is 14.6 Å². The fourth-order valence-corrected chi connectivity index (χ4v) is 3.64. The molecule has 0 unspecified atom stereocenters. The lowest BCUT2D eigenvalue weighted by atomic mass is 10.1. The van der Waals surface area contributed by atoms with Crippen LogP contribution in [-0.4, -0.2) is 59.8 Å². The summed E-state index contributed by atoms with van der Waals surface area (Å²) in [5.74, 6) is 0.201. The predicted octanol–water partition coefficient (Wildman–Crippen LogP) is 1.72. The van der Waals surface area contributed by atoms with Crippen molar-refractivity contribution in [1.82, 2.24) is 4.57 Å². The van der Waals surface area contributed by atoms with Crippen molar-refractivity contribution in [2.45, 2.75) is 26.9 Å². The Balaban J connectivity index is 1.96. The summed E-state index contributed by atoms with van der Waals surface area (Å²) in [6.45, 7) is 7.20. The predicted molar refractivity (Wildman–Crippen MR) is 119 cm³/mol. The van der Waals surface area contributed by atoms with E-state index >= 15 is 0 Å². The monoisotopic (exact) mass is 427 g/mol. The van der Waals surface area contributed by atoms with Crippen molar-refractivity contribution in [2.75, 3.05) is 32.9 Å². The van der Waals surface area contributed by atoms with Crippen molar-refractivity contribution >= 4 is 16.9 Å². The van der Waals surface area contributed by atoms with Gasteiger partial charge in [0.2, 0.25) is 0 Å². The molecule has 0 spiro atoms. The van der Waals surface area contributed by atoms with E-state index in [0.717, 1.165) is 27.8 Å². The van der Waals surface area contributed by atoms with Crippen LogP contribution in [0.5, 0.6) is 5.75 Å². The number of esters is 1. The number of aliphatic hydroxyl groups is 2. The van der Waals surface area contributed by atoms with Gasteiger partial charge < -0.3 is 29.6 Å². The Morgan fingerprint density at radius 3 is 2.58 bits per heavy atom. The molecule has 7 nitrogen and oxygen atoms in total. The summed E-state index contributed by atoms with van der Waals surface area (Å²) in [6.07, 6.45) is -0.661. The second-order valence-electron chi connectivity index (χ2n) is 7.53. The van der Waals surface area contributed by atoms with Crippen LogP contribution in [0.3, 0.4) is 0 Å². The first kappa shape index (κ1) is 22.8. The van der Waals surface area contributed by atoms with Gasteiger partial charge in [-0.05, 0) is 51.1 Å². The average Bonchev–Trinajstić information content (AvgIpc) is 3.04. The number of aliphatic hydroxyl groups excluding tert-OH is 2. The Morgan fingerprint density at radius 1 is 1.16 bits per heavy atom. The quantitative estimate of drug-likeness (QED) is 0.338. The molecule has 0 saturated heterocycles. The lowest BCUT2D eigenvalue weighted by Gasteiger charge is -2.12. The summed E-state index contributed by atoms with van der Waals surface area (Å²) < 4.78 is 13.1. The van der Waals surface area contributed by atoms with Crippen LogP contribution >= 0.6 is 0 Å². The van der Waals surface area contributed by atoms with Crippen LogP contribution in [0.1, 0.15) is 28.5 Å². The maximum atomic E-state index is 12.8. The van der Waals surface area contributed by atoms with Crippen molar-refractivity contribution in [3.8, 4) is 11.4 Å². The van der Waals surface area contributed by atoms with Gasteiger partial charge in [0.15, 0.2) is 0 Å². The number of carbonyl (C=O) groups is 1. The zero-order chi connectivity index (χ0) is 22.4. The molecule has 0 aliphatic carbocycles. The molecule has 1 heterocycles. The molecule has 1 atom stereocenters. The number of aryl methyl sites for hydroxylation is 1. The highest BCUT2D eigenvalue weighted by Gasteiger charge is 2.22. The molecule has 0 saturated carbocycles. The number of rotatable bonds is 10. The summed E-state index contributed by atoms with van der Waals surface area (Å²) in [4.78, 5) is 12.8. The largest absolute Gasteiger partial charge is 0.491 e. The van der Waals surface area contributed by atoms with Gasteiger partial charge in [0, 0.05) is 16.8 Å². The van der Waals surface area contributed by atoms with Crippen LogP contribution in [0.2, 0.25) is 0 Å². The van der Waals surface area contributed by atoms with Crippen LogP contribution in [0.15, 0.2) is 42.5 Å². The minimum absolute atomic E-state index is 0.0677. The molecular formula is C24H31N2O5+. The minimum Gasteiger partial charge on any atom is -0.491 e. The van der Waals surface area contributed by atoms with E-state index in [2.05, 4.69) is 0 Å². The third-order valence-corrected chi connectivity index (χ3v) is 5.16. The molecule has 4 N–H and O–H groups in total. The Morgan fingerprint density at radius 2 is 1.90 bits per heavy atom. The lowest BCUT2D eigenvalue weighted by Crippen LogP contribution is -2.87. The Labute approximate surface area is 182 Å². The number of aromatic nitrogens is 1. The smallest absolute Gasteiger partial charge is 0.340 e. The Bertz CT molecular complexity index is 1030. The molecule has 0 radical (unpaired) electrons. The number of benzene rings is 2. The fourth-order valence-electron chi connectivity index (χ4n) is 3.64. The molecule has 0 amide bonds. The number of hydrogen-bond acceptors (Lipinski definition) is 5.